The Hall–Kier alpha value is -4.00. The number of H-pyrrole nitrogens is 1. The molecule has 0 bridgehead atoms. The SMILES string of the molecule is O=C(COc1ccccc1)Nc1cccc(-c2nc3cc4c(cc3[nH]2)OCCO4)c1. The van der Waals surface area contributed by atoms with Crippen LogP contribution in [-0.2, 0) is 4.79 Å². The zero-order valence-corrected chi connectivity index (χ0v) is 16.1. The van der Waals surface area contributed by atoms with Gasteiger partial charge >= 0.3 is 0 Å². The molecule has 4 aromatic rings. The van der Waals surface area contributed by atoms with Crippen molar-refractivity contribution in [1.29, 1.82) is 0 Å². The quantitative estimate of drug-likeness (QED) is 0.528. The highest BCUT2D eigenvalue weighted by atomic mass is 16.6. The van der Waals surface area contributed by atoms with Gasteiger partial charge < -0.3 is 24.5 Å². The maximum absolute atomic E-state index is 12.2. The number of anilines is 1. The lowest BCUT2D eigenvalue weighted by Gasteiger charge is -2.17. The van der Waals surface area contributed by atoms with Gasteiger partial charge in [0.05, 0.1) is 11.0 Å². The molecule has 0 radical (unpaired) electrons. The molecule has 7 nitrogen and oxygen atoms in total. The standard InChI is InChI=1S/C23H19N3O4/c27-22(14-30-17-7-2-1-3-8-17)24-16-6-4-5-15(11-16)23-25-18-12-20-21(13-19(18)26-23)29-10-9-28-20/h1-8,11-13H,9-10,14H2,(H,24,27)(H,25,26). The first-order chi connectivity index (χ1) is 14.7. The summed E-state index contributed by atoms with van der Waals surface area (Å²) in [6.45, 7) is 1.01. The molecule has 1 aromatic heterocycles. The van der Waals surface area contributed by atoms with Crippen LogP contribution in [-0.4, -0.2) is 35.7 Å². The first-order valence-corrected chi connectivity index (χ1v) is 9.62. The molecule has 0 saturated carbocycles. The molecule has 0 aliphatic carbocycles. The summed E-state index contributed by atoms with van der Waals surface area (Å²) in [6.07, 6.45) is 0. The molecule has 30 heavy (non-hydrogen) atoms. The van der Waals surface area contributed by atoms with Gasteiger partial charge in [-0.05, 0) is 24.3 Å². The molecule has 0 fully saturated rings. The second kappa shape index (κ2) is 7.79. The molecule has 3 aromatic carbocycles. The van der Waals surface area contributed by atoms with E-state index in [1.54, 1.807) is 0 Å². The number of aromatic nitrogens is 2. The smallest absolute Gasteiger partial charge is 0.262 e. The Bertz CT molecular complexity index is 1160. The van der Waals surface area contributed by atoms with Crippen LogP contribution in [0, 0.1) is 0 Å². The molecule has 150 valence electrons. The van der Waals surface area contributed by atoms with Gasteiger partial charge in [0.2, 0.25) is 0 Å². The average molecular weight is 401 g/mol. The molecule has 1 aliphatic rings. The summed E-state index contributed by atoms with van der Waals surface area (Å²) in [5.74, 6) is 2.53. The Balaban J connectivity index is 1.32. The van der Waals surface area contributed by atoms with Gasteiger partial charge in [0, 0.05) is 23.4 Å². The van der Waals surface area contributed by atoms with E-state index in [0.717, 1.165) is 16.6 Å². The van der Waals surface area contributed by atoms with Gasteiger partial charge in [0.1, 0.15) is 24.8 Å². The van der Waals surface area contributed by atoms with Crippen molar-refractivity contribution in [3.8, 4) is 28.6 Å². The Morgan fingerprint density at radius 1 is 1.00 bits per heavy atom. The van der Waals surface area contributed by atoms with E-state index < -0.39 is 0 Å². The molecule has 1 amide bonds. The van der Waals surface area contributed by atoms with Gasteiger partial charge in [0.15, 0.2) is 18.1 Å². The number of carbonyl (C=O) groups is 1. The van der Waals surface area contributed by atoms with Crippen molar-refractivity contribution >= 4 is 22.6 Å². The predicted molar refractivity (Wildman–Crippen MR) is 113 cm³/mol. The van der Waals surface area contributed by atoms with Crippen LogP contribution in [0.2, 0.25) is 0 Å². The molecular formula is C23H19N3O4. The van der Waals surface area contributed by atoms with Crippen molar-refractivity contribution in [2.24, 2.45) is 0 Å². The summed E-state index contributed by atoms with van der Waals surface area (Å²) in [6, 6.07) is 20.5. The number of hydrogen-bond donors (Lipinski definition) is 2. The summed E-state index contributed by atoms with van der Waals surface area (Å²) in [4.78, 5) is 20.2. The Labute approximate surface area is 172 Å². The molecular weight excluding hydrogens is 382 g/mol. The van der Waals surface area contributed by atoms with Crippen molar-refractivity contribution in [2.75, 3.05) is 25.1 Å². The fourth-order valence-corrected chi connectivity index (χ4v) is 3.29. The number of rotatable bonds is 5. The second-order valence-corrected chi connectivity index (χ2v) is 6.83. The number of imidazole rings is 1. The zero-order chi connectivity index (χ0) is 20.3. The van der Waals surface area contributed by atoms with Crippen LogP contribution in [0.5, 0.6) is 17.2 Å². The largest absolute Gasteiger partial charge is 0.486 e. The van der Waals surface area contributed by atoms with Crippen LogP contribution in [0.3, 0.4) is 0 Å². The van der Waals surface area contributed by atoms with Crippen molar-refractivity contribution in [3.05, 3.63) is 66.7 Å². The van der Waals surface area contributed by atoms with E-state index in [9.17, 15) is 4.79 Å². The first-order valence-electron chi connectivity index (χ1n) is 9.62. The van der Waals surface area contributed by atoms with Crippen molar-refractivity contribution in [1.82, 2.24) is 9.97 Å². The molecule has 1 aliphatic heterocycles. The third kappa shape index (κ3) is 3.77. The third-order valence-electron chi connectivity index (χ3n) is 4.68. The summed E-state index contributed by atoms with van der Waals surface area (Å²) in [5, 5.41) is 2.86. The minimum atomic E-state index is -0.234. The Morgan fingerprint density at radius 3 is 2.63 bits per heavy atom. The van der Waals surface area contributed by atoms with E-state index in [-0.39, 0.29) is 12.5 Å². The average Bonchev–Trinajstić information content (AvgIpc) is 3.20. The number of carbonyl (C=O) groups excluding carboxylic acids is 1. The van der Waals surface area contributed by atoms with Gasteiger partial charge in [-0.2, -0.15) is 0 Å². The molecule has 0 atom stereocenters. The molecule has 0 unspecified atom stereocenters. The molecule has 2 N–H and O–H groups in total. The van der Waals surface area contributed by atoms with Crippen LogP contribution in [0.15, 0.2) is 66.7 Å². The predicted octanol–water partition coefficient (Wildman–Crippen LogP) is 4.02. The van der Waals surface area contributed by atoms with Gasteiger partial charge in [-0.25, -0.2) is 4.98 Å². The normalized spacial score (nSPS) is 12.5. The zero-order valence-electron chi connectivity index (χ0n) is 16.1. The van der Waals surface area contributed by atoms with E-state index in [1.165, 1.54) is 0 Å². The van der Waals surface area contributed by atoms with E-state index in [0.29, 0.717) is 42.0 Å². The lowest BCUT2D eigenvalue weighted by molar-refractivity contribution is -0.118. The third-order valence-corrected chi connectivity index (χ3v) is 4.68. The van der Waals surface area contributed by atoms with Gasteiger partial charge in [-0.15, -0.1) is 0 Å². The highest BCUT2D eigenvalue weighted by Gasteiger charge is 2.15. The maximum atomic E-state index is 12.2. The molecule has 5 rings (SSSR count). The van der Waals surface area contributed by atoms with Crippen LogP contribution in [0.4, 0.5) is 5.69 Å². The summed E-state index contributed by atoms with van der Waals surface area (Å²) >= 11 is 0. The lowest BCUT2D eigenvalue weighted by Crippen LogP contribution is -2.20. The number of ether oxygens (including phenoxy) is 3. The van der Waals surface area contributed by atoms with Crippen molar-refractivity contribution in [2.45, 2.75) is 0 Å². The minimum absolute atomic E-state index is 0.0650. The van der Waals surface area contributed by atoms with Crippen LogP contribution in [0.25, 0.3) is 22.4 Å². The number of benzene rings is 3. The van der Waals surface area contributed by atoms with Crippen LogP contribution in [0.1, 0.15) is 0 Å². The summed E-state index contributed by atoms with van der Waals surface area (Å²) in [5.41, 5.74) is 3.17. The van der Waals surface area contributed by atoms with E-state index in [4.69, 9.17) is 14.2 Å². The van der Waals surface area contributed by atoms with Gasteiger partial charge in [-0.3, -0.25) is 4.79 Å². The van der Waals surface area contributed by atoms with Crippen molar-refractivity contribution in [3.63, 3.8) is 0 Å². The number of fused-ring (bicyclic) bond motifs is 2. The van der Waals surface area contributed by atoms with E-state index in [1.807, 2.05) is 66.7 Å². The Kier molecular flexibility index (Phi) is 4.69. The molecule has 0 spiro atoms. The lowest BCUT2D eigenvalue weighted by atomic mass is 10.2. The highest BCUT2D eigenvalue weighted by Crippen LogP contribution is 2.35. The number of aromatic amines is 1. The number of para-hydroxylation sites is 1. The van der Waals surface area contributed by atoms with E-state index in [2.05, 4.69) is 15.3 Å². The second-order valence-electron chi connectivity index (χ2n) is 6.83. The number of nitrogens with one attached hydrogen (secondary N) is 2. The number of hydrogen-bond acceptors (Lipinski definition) is 5. The summed E-state index contributed by atoms with van der Waals surface area (Å²) in [7, 11) is 0. The highest BCUT2D eigenvalue weighted by molar-refractivity contribution is 5.92. The first kappa shape index (κ1) is 18.1. The fourth-order valence-electron chi connectivity index (χ4n) is 3.29. The van der Waals surface area contributed by atoms with Crippen LogP contribution >= 0.6 is 0 Å². The van der Waals surface area contributed by atoms with Crippen LogP contribution < -0.4 is 19.5 Å². The number of amides is 1. The minimum Gasteiger partial charge on any atom is -0.486 e. The maximum Gasteiger partial charge on any atom is 0.262 e. The summed E-state index contributed by atoms with van der Waals surface area (Å²) < 4.78 is 16.7. The molecule has 7 heteroatoms. The monoisotopic (exact) mass is 401 g/mol. The van der Waals surface area contributed by atoms with Gasteiger partial charge in [0.25, 0.3) is 5.91 Å². The number of nitrogens with zero attached hydrogens (tertiary/aromatic N) is 1. The molecule has 2 heterocycles. The van der Waals surface area contributed by atoms with Crippen molar-refractivity contribution < 1.29 is 19.0 Å². The fraction of sp³-hybridized carbons (Fsp3) is 0.130. The van der Waals surface area contributed by atoms with E-state index >= 15 is 0 Å². The van der Waals surface area contributed by atoms with Gasteiger partial charge in [-0.1, -0.05) is 30.3 Å². The Morgan fingerprint density at radius 2 is 1.80 bits per heavy atom. The molecule has 0 saturated heterocycles. The topological polar surface area (TPSA) is 85.5 Å².